The fourth-order valence-corrected chi connectivity index (χ4v) is 2.09. The highest BCUT2D eigenvalue weighted by Crippen LogP contribution is 2.10. The van der Waals surface area contributed by atoms with Gasteiger partial charge >= 0.3 is 0 Å². The van der Waals surface area contributed by atoms with Gasteiger partial charge in [-0.05, 0) is 18.1 Å². The van der Waals surface area contributed by atoms with Crippen LogP contribution in [0.3, 0.4) is 0 Å². The molecule has 114 valence electrons. The SMILES string of the molecule is CC(C)Cn1ncnc1CC(O)CCOc1ccccc1. The van der Waals surface area contributed by atoms with E-state index in [1.165, 1.54) is 0 Å². The molecular weight excluding hydrogens is 266 g/mol. The van der Waals surface area contributed by atoms with Gasteiger partial charge in [-0.25, -0.2) is 9.67 Å². The van der Waals surface area contributed by atoms with E-state index in [-0.39, 0.29) is 0 Å². The maximum Gasteiger partial charge on any atom is 0.138 e. The number of ether oxygens (including phenoxy) is 1. The van der Waals surface area contributed by atoms with Gasteiger partial charge in [-0.3, -0.25) is 0 Å². The van der Waals surface area contributed by atoms with Gasteiger partial charge in [0.2, 0.25) is 0 Å². The lowest BCUT2D eigenvalue weighted by molar-refractivity contribution is 0.136. The maximum atomic E-state index is 10.1. The van der Waals surface area contributed by atoms with Gasteiger partial charge in [-0.1, -0.05) is 32.0 Å². The molecule has 1 aromatic carbocycles. The lowest BCUT2D eigenvalue weighted by atomic mass is 10.2. The van der Waals surface area contributed by atoms with Gasteiger partial charge in [0.1, 0.15) is 17.9 Å². The summed E-state index contributed by atoms with van der Waals surface area (Å²) < 4.78 is 7.45. The zero-order valence-corrected chi connectivity index (χ0v) is 12.6. The van der Waals surface area contributed by atoms with Gasteiger partial charge in [0, 0.05) is 19.4 Å². The molecule has 2 aromatic rings. The molecule has 1 aromatic heterocycles. The lowest BCUT2D eigenvalue weighted by Crippen LogP contribution is -2.19. The van der Waals surface area contributed by atoms with Crippen molar-refractivity contribution in [1.29, 1.82) is 0 Å². The molecule has 0 saturated carbocycles. The van der Waals surface area contributed by atoms with Crippen molar-refractivity contribution in [2.45, 2.75) is 39.3 Å². The molecule has 0 spiro atoms. The number of aliphatic hydroxyl groups excluding tert-OH is 1. The minimum atomic E-state index is -0.469. The molecule has 0 fully saturated rings. The van der Waals surface area contributed by atoms with Crippen molar-refractivity contribution >= 4 is 0 Å². The molecule has 5 nitrogen and oxygen atoms in total. The van der Waals surface area contributed by atoms with Crippen molar-refractivity contribution in [2.24, 2.45) is 5.92 Å². The first-order valence-corrected chi connectivity index (χ1v) is 7.37. The molecule has 5 heteroatoms. The standard InChI is InChI=1S/C16H23N3O2/c1-13(2)11-19-16(17-12-18-19)10-14(20)8-9-21-15-6-4-3-5-7-15/h3-7,12-14,20H,8-11H2,1-2H3. The van der Waals surface area contributed by atoms with Gasteiger partial charge in [0.25, 0.3) is 0 Å². The average molecular weight is 289 g/mol. The van der Waals surface area contributed by atoms with Crippen molar-refractivity contribution in [3.8, 4) is 5.75 Å². The molecule has 0 saturated heterocycles. The minimum Gasteiger partial charge on any atom is -0.493 e. The number of rotatable bonds is 8. The summed E-state index contributed by atoms with van der Waals surface area (Å²) in [7, 11) is 0. The topological polar surface area (TPSA) is 60.2 Å². The maximum absolute atomic E-state index is 10.1. The average Bonchev–Trinajstić information content (AvgIpc) is 2.86. The summed E-state index contributed by atoms with van der Waals surface area (Å²) in [5.74, 6) is 2.16. The number of hydrogen-bond donors (Lipinski definition) is 1. The Morgan fingerprint density at radius 1 is 1.24 bits per heavy atom. The molecule has 2 rings (SSSR count). The van der Waals surface area contributed by atoms with Crippen molar-refractivity contribution in [3.05, 3.63) is 42.5 Å². The molecule has 0 aliphatic heterocycles. The van der Waals surface area contributed by atoms with E-state index in [2.05, 4.69) is 23.9 Å². The van der Waals surface area contributed by atoms with E-state index >= 15 is 0 Å². The molecule has 0 bridgehead atoms. The number of para-hydroxylation sites is 1. The predicted molar refractivity (Wildman–Crippen MR) is 81.1 cm³/mol. The molecule has 1 atom stereocenters. The Kier molecular flexibility index (Phi) is 5.75. The van der Waals surface area contributed by atoms with Gasteiger partial charge in [-0.15, -0.1) is 0 Å². The zero-order chi connectivity index (χ0) is 15.1. The third-order valence-corrected chi connectivity index (χ3v) is 3.12. The summed E-state index contributed by atoms with van der Waals surface area (Å²) in [6.07, 6.45) is 2.16. The van der Waals surface area contributed by atoms with E-state index in [9.17, 15) is 5.11 Å². The van der Waals surface area contributed by atoms with E-state index in [1.807, 2.05) is 35.0 Å². The van der Waals surface area contributed by atoms with Crippen molar-refractivity contribution in [1.82, 2.24) is 14.8 Å². The first-order chi connectivity index (χ1) is 10.1. The first-order valence-electron chi connectivity index (χ1n) is 7.37. The highest BCUT2D eigenvalue weighted by molar-refractivity contribution is 5.20. The fraction of sp³-hybridized carbons (Fsp3) is 0.500. The Hall–Kier alpha value is -1.88. The molecule has 1 N–H and O–H groups in total. The molecule has 1 unspecified atom stereocenters. The lowest BCUT2D eigenvalue weighted by Gasteiger charge is -2.13. The molecule has 1 heterocycles. The first kappa shape index (κ1) is 15.5. The molecule has 0 aliphatic carbocycles. The van der Waals surface area contributed by atoms with Crippen LogP contribution in [-0.4, -0.2) is 32.6 Å². The van der Waals surface area contributed by atoms with Crippen LogP contribution in [0.15, 0.2) is 36.7 Å². The predicted octanol–water partition coefficient (Wildman–Crippen LogP) is 2.31. The Labute approximate surface area is 125 Å². The smallest absolute Gasteiger partial charge is 0.138 e. The third kappa shape index (κ3) is 5.19. The number of nitrogens with zero attached hydrogens (tertiary/aromatic N) is 3. The fourth-order valence-electron chi connectivity index (χ4n) is 2.09. The van der Waals surface area contributed by atoms with E-state index in [4.69, 9.17) is 4.74 Å². The van der Waals surface area contributed by atoms with E-state index in [0.717, 1.165) is 18.1 Å². The molecule has 0 amide bonds. The number of aliphatic hydroxyl groups is 1. The number of aromatic nitrogens is 3. The van der Waals surface area contributed by atoms with Crippen LogP contribution in [0.4, 0.5) is 0 Å². The van der Waals surface area contributed by atoms with Crippen LogP contribution in [0.1, 0.15) is 26.1 Å². The van der Waals surface area contributed by atoms with Gasteiger partial charge < -0.3 is 9.84 Å². The van der Waals surface area contributed by atoms with Gasteiger partial charge in [0.15, 0.2) is 0 Å². The van der Waals surface area contributed by atoms with E-state index in [1.54, 1.807) is 6.33 Å². The quantitative estimate of drug-likeness (QED) is 0.810. The van der Waals surface area contributed by atoms with Crippen LogP contribution in [-0.2, 0) is 13.0 Å². The van der Waals surface area contributed by atoms with Crippen molar-refractivity contribution in [2.75, 3.05) is 6.61 Å². The molecule has 0 radical (unpaired) electrons. The van der Waals surface area contributed by atoms with Gasteiger partial charge in [0.05, 0.1) is 12.7 Å². The van der Waals surface area contributed by atoms with Crippen molar-refractivity contribution < 1.29 is 9.84 Å². The van der Waals surface area contributed by atoms with Crippen LogP contribution in [0.5, 0.6) is 5.75 Å². The van der Waals surface area contributed by atoms with E-state index in [0.29, 0.717) is 25.4 Å². The zero-order valence-electron chi connectivity index (χ0n) is 12.6. The second-order valence-corrected chi connectivity index (χ2v) is 5.56. The normalized spacial score (nSPS) is 12.6. The summed E-state index contributed by atoms with van der Waals surface area (Å²) in [5.41, 5.74) is 0. The summed E-state index contributed by atoms with van der Waals surface area (Å²) in [4.78, 5) is 4.23. The Morgan fingerprint density at radius 2 is 2.00 bits per heavy atom. The summed E-state index contributed by atoms with van der Waals surface area (Å²) in [6.45, 7) is 5.58. The third-order valence-electron chi connectivity index (χ3n) is 3.12. The molecule has 0 aliphatic rings. The van der Waals surface area contributed by atoms with Crippen LogP contribution in [0.25, 0.3) is 0 Å². The molecular formula is C16H23N3O2. The number of benzene rings is 1. The minimum absolute atomic E-state index is 0.469. The Morgan fingerprint density at radius 3 is 2.71 bits per heavy atom. The summed E-state index contributed by atoms with van der Waals surface area (Å²) in [5, 5.41) is 14.3. The van der Waals surface area contributed by atoms with Crippen LogP contribution in [0.2, 0.25) is 0 Å². The van der Waals surface area contributed by atoms with Crippen molar-refractivity contribution in [3.63, 3.8) is 0 Å². The highest BCUT2D eigenvalue weighted by Gasteiger charge is 2.12. The monoisotopic (exact) mass is 289 g/mol. The Bertz CT molecular complexity index is 525. The largest absolute Gasteiger partial charge is 0.493 e. The highest BCUT2D eigenvalue weighted by atomic mass is 16.5. The second kappa shape index (κ2) is 7.78. The molecule has 21 heavy (non-hydrogen) atoms. The van der Waals surface area contributed by atoms with Crippen LogP contribution in [0, 0.1) is 5.92 Å². The van der Waals surface area contributed by atoms with Gasteiger partial charge in [-0.2, -0.15) is 5.10 Å². The number of hydrogen-bond acceptors (Lipinski definition) is 4. The summed E-state index contributed by atoms with van der Waals surface area (Å²) >= 11 is 0. The van der Waals surface area contributed by atoms with E-state index < -0.39 is 6.10 Å². The van der Waals surface area contributed by atoms with Crippen LogP contribution >= 0.6 is 0 Å². The summed E-state index contributed by atoms with van der Waals surface area (Å²) in [6, 6.07) is 9.63. The second-order valence-electron chi connectivity index (χ2n) is 5.56. The Balaban J connectivity index is 1.77. The van der Waals surface area contributed by atoms with Crippen LogP contribution < -0.4 is 4.74 Å².